The van der Waals surface area contributed by atoms with Crippen LogP contribution in [-0.2, 0) is 11.3 Å². The smallest absolute Gasteiger partial charge is 0.332 e. The Morgan fingerprint density at radius 3 is 2.46 bits per heavy atom. The van der Waals surface area contributed by atoms with E-state index in [4.69, 9.17) is 4.74 Å². The van der Waals surface area contributed by atoms with Gasteiger partial charge in [0.2, 0.25) is 0 Å². The summed E-state index contributed by atoms with van der Waals surface area (Å²) in [6.07, 6.45) is 1.06. The van der Waals surface area contributed by atoms with Gasteiger partial charge in [-0.2, -0.15) is 0 Å². The Kier molecular flexibility index (Phi) is 6.66. The van der Waals surface area contributed by atoms with Crippen LogP contribution < -0.4 is 9.64 Å². The monoisotopic (exact) mass is 481 g/mol. The Morgan fingerprint density at radius 1 is 1.11 bits per heavy atom. The number of nitrogens with zero attached hydrogens (tertiary/aromatic N) is 3. The number of amides is 3. The van der Waals surface area contributed by atoms with E-state index in [1.54, 1.807) is 17.0 Å². The molecule has 2 aromatic rings. The summed E-state index contributed by atoms with van der Waals surface area (Å²) in [4.78, 5) is 32.8. The number of likely N-dealkylation sites (tertiary alicyclic amines) is 1. The zero-order chi connectivity index (χ0) is 25.5. The fourth-order valence-corrected chi connectivity index (χ4v) is 5.36. The molecule has 0 N–H and O–H groups in total. The van der Waals surface area contributed by atoms with Crippen molar-refractivity contribution in [3.05, 3.63) is 59.9 Å². The molecular formula is C28H36FN3O3. The lowest BCUT2D eigenvalue weighted by Gasteiger charge is -2.46. The molecule has 2 saturated heterocycles. The van der Waals surface area contributed by atoms with E-state index in [2.05, 4.69) is 24.0 Å². The molecule has 0 radical (unpaired) electrons. The average Bonchev–Trinajstić information content (AvgIpc) is 2.96. The molecule has 4 rings (SSSR count). The van der Waals surface area contributed by atoms with Crippen LogP contribution in [0.4, 0.5) is 14.9 Å². The van der Waals surface area contributed by atoms with Gasteiger partial charge < -0.3 is 4.74 Å². The highest BCUT2D eigenvalue weighted by molar-refractivity contribution is 6.17. The maximum Gasteiger partial charge on any atom is 0.332 e. The third kappa shape index (κ3) is 4.79. The summed E-state index contributed by atoms with van der Waals surface area (Å²) >= 11 is 0. The van der Waals surface area contributed by atoms with Crippen LogP contribution in [0, 0.1) is 5.82 Å². The van der Waals surface area contributed by atoms with Gasteiger partial charge in [-0.3, -0.25) is 19.5 Å². The molecule has 0 aromatic heterocycles. The van der Waals surface area contributed by atoms with Crippen LogP contribution in [-0.4, -0.2) is 51.5 Å². The molecule has 7 heteroatoms. The minimum Gasteiger partial charge on any atom is -0.491 e. The lowest BCUT2D eigenvalue weighted by Crippen LogP contribution is -2.59. The Hall–Kier alpha value is -2.93. The molecule has 0 unspecified atom stereocenters. The summed E-state index contributed by atoms with van der Waals surface area (Å²) in [6, 6.07) is 13.7. The third-order valence-electron chi connectivity index (χ3n) is 6.87. The first-order chi connectivity index (χ1) is 16.4. The van der Waals surface area contributed by atoms with Gasteiger partial charge in [0.15, 0.2) is 0 Å². The lowest BCUT2D eigenvalue weighted by molar-refractivity contribution is -0.136. The van der Waals surface area contributed by atoms with Gasteiger partial charge in [-0.15, -0.1) is 0 Å². The molecule has 0 aliphatic carbocycles. The molecule has 2 aromatic carbocycles. The van der Waals surface area contributed by atoms with E-state index in [0.29, 0.717) is 25.1 Å². The second kappa shape index (κ2) is 9.26. The minimum absolute atomic E-state index is 0.0335. The molecule has 1 spiro atoms. The number of anilines is 1. The SMILES string of the molecule is CC(C)Oc1cccc(CN2CC[C@@]3(C[C@@H]2C)C(=O)N(C(C)(C)C)C(=O)N3c2cccc(F)c2)c1. The van der Waals surface area contributed by atoms with E-state index in [-0.39, 0.29) is 24.1 Å². The molecule has 0 saturated carbocycles. The molecular weight excluding hydrogens is 445 g/mol. The molecule has 6 nitrogen and oxygen atoms in total. The summed E-state index contributed by atoms with van der Waals surface area (Å²) < 4.78 is 20.0. The van der Waals surface area contributed by atoms with E-state index < -0.39 is 16.9 Å². The van der Waals surface area contributed by atoms with Crippen molar-refractivity contribution in [1.29, 1.82) is 0 Å². The number of rotatable bonds is 5. The number of piperidine rings is 1. The summed E-state index contributed by atoms with van der Waals surface area (Å²) in [5.41, 5.74) is -0.149. The highest BCUT2D eigenvalue weighted by Gasteiger charge is 2.61. The van der Waals surface area contributed by atoms with Gasteiger partial charge in [0.05, 0.1) is 6.10 Å². The molecule has 2 atom stereocenters. The quantitative estimate of drug-likeness (QED) is 0.522. The second-order valence-electron chi connectivity index (χ2n) is 11.0. The van der Waals surface area contributed by atoms with E-state index in [9.17, 15) is 14.0 Å². The number of benzene rings is 2. The van der Waals surface area contributed by atoms with Crippen LogP contribution in [0.1, 0.15) is 59.9 Å². The van der Waals surface area contributed by atoms with Crippen molar-refractivity contribution in [1.82, 2.24) is 9.80 Å². The number of hydrogen-bond donors (Lipinski definition) is 0. The minimum atomic E-state index is -1.03. The third-order valence-corrected chi connectivity index (χ3v) is 6.87. The van der Waals surface area contributed by atoms with E-state index in [1.165, 1.54) is 17.0 Å². The second-order valence-corrected chi connectivity index (χ2v) is 11.0. The van der Waals surface area contributed by atoms with E-state index >= 15 is 0 Å². The fraction of sp³-hybridized carbons (Fsp3) is 0.500. The number of hydrogen-bond acceptors (Lipinski definition) is 4. The van der Waals surface area contributed by atoms with Gasteiger partial charge >= 0.3 is 6.03 Å². The summed E-state index contributed by atoms with van der Waals surface area (Å²) in [5.74, 6) is 0.215. The van der Waals surface area contributed by atoms with Crippen LogP contribution in [0.2, 0.25) is 0 Å². The van der Waals surface area contributed by atoms with Crippen LogP contribution >= 0.6 is 0 Å². The van der Waals surface area contributed by atoms with Gasteiger partial charge in [-0.25, -0.2) is 9.18 Å². The summed E-state index contributed by atoms with van der Waals surface area (Å²) in [7, 11) is 0. The highest BCUT2D eigenvalue weighted by Crippen LogP contribution is 2.44. The summed E-state index contributed by atoms with van der Waals surface area (Å²) in [6.45, 7) is 13.0. The van der Waals surface area contributed by atoms with E-state index in [0.717, 1.165) is 17.9 Å². The molecule has 2 heterocycles. The van der Waals surface area contributed by atoms with Crippen molar-refractivity contribution < 1.29 is 18.7 Å². The van der Waals surface area contributed by atoms with Gasteiger partial charge in [-0.1, -0.05) is 18.2 Å². The predicted molar refractivity (Wildman–Crippen MR) is 135 cm³/mol. The Morgan fingerprint density at radius 2 is 1.83 bits per heavy atom. The number of halogens is 1. The maximum atomic E-state index is 14.2. The average molecular weight is 482 g/mol. The Labute approximate surface area is 207 Å². The van der Waals surface area contributed by atoms with Crippen molar-refractivity contribution in [2.24, 2.45) is 0 Å². The maximum absolute atomic E-state index is 14.2. The first-order valence-electron chi connectivity index (χ1n) is 12.4. The summed E-state index contributed by atoms with van der Waals surface area (Å²) in [5, 5.41) is 0. The lowest BCUT2D eigenvalue weighted by atomic mass is 9.81. The molecule has 188 valence electrons. The Balaban J connectivity index is 1.63. The van der Waals surface area contributed by atoms with Gasteiger partial charge in [0, 0.05) is 30.4 Å². The van der Waals surface area contributed by atoms with Gasteiger partial charge in [0.25, 0.3) is 5.91 Å². The fourth-order valence-electron chi connectivity index (χ4n) is 5.36. The molecule has 35 heavy (non-hydrogen) atoms. The normalized spacial score (nSPS) is 23.6. The molecule has 2 aliphatic heterocycles. The Bertz CT molecular complexity index is 1110. The van der Waals surface area contributed by atoms with Crippen LogP contribution in [0.3, 0.4) is 0 Å². The zero-order valence-corrected chi connectivity index (χ0v) is 21.5. The number of ether oxygens (including phenoxy) is 1. The van der Waals surface area contributed by atoms with Crippen molar-refractivity contribution in [2.45, 2.75) is 84.2 Å². The van der Waals surface area contributed by atoms with Crippen molar-refractivity contribution in [2.75, 3.05) is 11.4 Å². The number of imide groups is 1. The van der Waals surface area contributed by atoms with Crippen LogP contribution in [0.25, 0.3) is 0 Å². The molecule has 0 bridgehead atoms. The predicted octanol–water partition coefficient (Wildman–Crippen LogP) is 5.60. The van der Waals surface area contributed by atoms with Gasteiger partial charge in [-0.05, 0) is 90.3 Å². The van der Waals surface area contributed by atoms with E-state index in [1.807, 2.05) is 46.8 Å². The van der Waals surface area contributed by atoms with Crippen LogP contribution in [0.5, 0.6) is 5.75 Å². The number of urea groups is 1. The number of carbonyl (C=O) groups is 2. The largest absolute Gasteiger partial charge is 0.491 e. The number of carbonyl (C=O) groups excluding carboxylic acids is 2. The first kappa shape index (κ1) is 25.2. The molecule has 2 aliphatic rings. The van der Waals surface area contributed by atoms with Gasteiger partial charge in [0.1, 0.15) is 17.1 Å². The van der Waals surface area contributed by atoms with Crippen molar-refractivity contribution >= 4 is 17.6 Å². The van der Waals surface area contributed by atoms with Crippen molar-refractivity contribution in [3.63, 3.8) is 0 Å². The van der Waals surface area contributed by atoms with Crippen LogP contribution in [0.15, 0.2) is 48.5 Å². The topological polar surface area (TPSA) is 53.1 Å². The standard InChI is InChI=1S/C28H36FN3O3/c1-19(2)35-24-12-7-9-21(15-24)18-30-14-13-28(17-20(30)3)25(33)32(27(4,5)6)26(34)31(28)23-11-8-10-22(29)16-23/h7-12,15-16,19-20H,13-14,17-18H2,1-6H3/t20-,28+/m0/s1. The first-order valence-corrected chi connectivity index (χ1v) is 12.4. The van der Waals surface area contributed by atoms with Crippen molar-refractivity contribution in [3.8, 4) is 5.75 Å². The molecule has 3 amide bonds. The molecule has 2 fully saturated rings. The highest BCUT2D eigenvalue weighted by atomic mass is 19.1. The zero-order valence-electron chi connectivity index (χ0n) is 21.5.